The van der Waals surface area contributed by atoms with E-state index < -0.39 is 9.84 Å². The Morgan fingerprint density at radius 1 is 1.15 bits per heavy atom. The van der Waals surface area contributed by atoms with Crippen molar-refractivity contribution in [1.29, 1.82) is 0 Å². The maximum atomic E-state index is 12.9. The smallest absolute Gasteiger partial charge is 0.252 e. The van der Waals surface area contributed by atoms with E-state index >= 15 is 0 Å². The number of nitrogens with one attached hydrogen (secondary N) is 1. The Kier molecular flexibility index (Phi) is 4.61. The average molecular weight is 381 g/mol. The predicted octanol–water partition coefficient (Wildman–Crippen LogP) is 2.46. The first-order chi connectivity index (χ1) is 13.0. The fourth-order valence-electron chi connectivity index (χ4n) is 3.40. The average Bonchev–Trinajstić information content (AvgIpc) is 3.04. The minimum absolute atomic E-state index is 0.0216. The Balaban J connectivity index is 1.64. The highest BCUT2D eigenvalue weighted by atomic mass is 32.2. The summed E-state index contributed by atoms with van der Waals surface area (Å²) >= 11 is 0. The van der Waals surface area contributed by atoms with Gasteiger partial charge < -0.3 is 5.32 Å². The van der Waals surface area contributed by atoms with Gasteiger partial charge in [0.05, 0.1) is 28.3 Å². The summed E-state index contributed by atoms with van der Waals surface area (Å²) in [6.07, 6.45) is 3.97. The lowest BCUT2D eigenvalue weighted by Gasteiger charge is -2.12. The fraction of sp³-hybridized carbons (Fsp3) is 0.250. The molecule has 1 unspecified atom stereocenters. The molecule has 0 saturated carbocycles. The number of carbonyl (C=O) groups is 1. The summed E-state index contributed by atoms with van der Waals surface area (Å²) in [5.74, 6) is 0.116. The zero-order valence-electron chi connectivity index (χ0n) is 14.6. The van der Waals surface area contributed by atoms with Crippen molar-refractivity contribution in [3.63, 3.8) is 0 Å². The summed E-state index contributed by atoms with van der Waals surface area (Å²) in [4.78, 5) is 21.5. The molecule has 0 spiro atoms. The molecule has 3 heterocycles. The molecule has 0 radical (unpaired) electrons. The van der Waals surface area contributed by atoms with Crippen LogP contribution in [-0.2, 0) is 9.84 Å². The van der Waals surface area contributed by atoms with Crippen molar-refractivity contribution in [2.75, 3.05) is 18.1 Å². The molecule has 4 rings (SSSR count). The third-order valence-corrected chi connectivity index (χ3v) is 6.65. The Labute approximate surface area is 157 Å². The molecule has 1 aromatic carbocycles. The maximum Gasteiger partial charge on any atom is 0.252 e. The SMILES string of the molecule is O=C(NCC1CCS(=O)(=O)C1)c1cc(-c2ccncc2)nc2ccccc12. The number of hydrogen-bond donors (Lipinski definition) is 1. The number of rotatable bonds is 4. The largest absolute Gasteiger partial charge is 0.352 e. The van der Waals surface area contributed by atoms with Crippen molar-refractivity contribution < 1.29 is 13.2 Å². The maximum absolute atomic E-state index is 12.9. The molecule has 27 heavy (non-hydrogen) atoms. The van der Waals surface area contributed by atoms with Gasteiger partial charge in [0.25, 0.3) is 5.91 Å². The molecule has 1 aliphatic rings. The van der Waals surface area contributed by atoms with Gasteiger partial charge in [-0.2, -0.15) is 0 Å². The molecule has 1 amide bonds. The van der Waals surface area contributed by atoms with Crippen LogP contribution in [-0.4, -0.2) is 42.3 Å². The van der Waals surface area contributed by atoms with Crippen LogP contribution in [0.25, 0.3) is 22.2 Å². The molecular formula is C20H19N3O3S. The van der Waals surface area contributed by atoms with Gasteiger partial charge >= 0.3 is 0 Å². The molecule has 6 nitrogen and oxygen atoms in total. The van der Waals surface area contributed by atoms with Crippen LogP contribution in [0, 0.1) is 5.92 Å². The standard InChI is InChI=1S/C20H19N3O3S/c24-20(22-12-14-7-10-27(25,26)13-14)17-11-19(15-5-8-21-9-6-15)23-18-4-2-1-3-16(17)18/h1-6,8-9,11,14H,7,10,12-13H2,(H,22,24). The Morgan fingerprint density at radius 2 is 1.93 bits per heavy atom. The number of hydrogen-bond acceptors (Lipinski definition) is 5. The molecule has 1 aliphatic heterocycles. The number of carbonyl (C=O) groups excluding carboxylic acids is 1. The zero-order chi connectivity index (χ0) is 18.9. The topological polar surface area (TPSA) is 89.0 Å². The van der Waals surface area contributed by atoms with Crippen LogP contribution in [0.3, 0.4) is 0 Å². The van der Waals surface area contributed by atoms with Crippen LogP contribution in [0.15, 0.2) is 54.9 Å². The minimum Gasteiger partial charge on any atom is -0.352 e. The summed E-state index contributed by atoms with van der Waals surface area (Å²) in [6.45, 7) is 0.360. The first kappa shape index (κ1) is 17.6. The van der Waals surface area contributed by atoms with Gasteiger partial charge in [0.15, 0.2) is 9.84 Å². The van der Waals surface area contributed by atoms with E-state index in [0.717, 1.165) is 16.5 Å². The van der Waals surface area contributed by atoms with E-state index in [9.17, 15) is 13.2 Å². The first-order valence-corrected chi connectivity index (χ1v) is 10.6. The van der Waals surface area contributed by atoms with Crippen molar-refractivity contribution in [1.82, 2.24) is 15.3 Å². The highest BCUT2D eigenvalue weighted by molar-refractivity contribution is 7.91. The lowest BCUT2D eigenvalue weighted by Crippen LogP contribution is -2.30. The molecular weight excluding hydrogens is 362 g/mol. The summed E-state index contributed by atoms with van der Waals surface area (Å²) in [5.41, 5.74) is 2.85. The Morgan fingerprint density at radius 3 is 2.67 bits per heavy atom. The molecule has 138 valence electrons. The first-order valence-electron chi connectivity index (χ1n) is 8.81. The number of sulfone groups is 1. The summed E-state index contributed by atoms with van der Waals surface area (Å²) < 4.78 is 23.2. The van der Waals surface area contributed by atoms with Gasteiger partial charge in [0, 0.05) is 29.9 Å². The summed E-state index contributed by atoms with van der Waals surface area (Å²) in [6, 6.07) is 13.0. The van der Waals surface area contributed by atoms with Crippen molar-refractivity contribution in [2.45, 2.75) is 6.42 Å². The Hall–Kier alpha value is -2.80. The number of para-hydroxylation sites is 1. The van der Waals surface area contributed by atoms with Crippen LogP contribution in [0.4, 0.5) is 0 Å². The van der Waals surface area contributed by atoms with E-state index in [0.29, 0.717) is 24.2 Å². The summed E-state index contributed by atoms with van der Waals surface area (Å²) in [7, 11) is -2.95. The van der Waals surface area contributed by atoms with E-state index in [4.69, 9.17) is 0 Å². The van der Waals surface area contributed by atoms with Crippen LogP contribution >= 0.6 is 0 Å². The molecule has 7 heteroatoms. The molecule has 3 aromatic rings. The van der Waals surface area contributed by atoms with Gasteiger partial charge in [-0.25, -0.2) is 13.4 Å². The lowest BCUT2D eigenvalue weighted by atomic mass is 10.0. The molecule has 1 fully saturated rings. The van der Waals surface area contributed by atoms with Gasteiger partial charge in [-0.3, -0.25) is 9.78 Å². The second kappa shape index (κ2) is 7.08. The number of pyridine rings is 2. The summed E-state index contributed by atoms with van der Waals surface area (Å²) in [5, 5.41) is 3.68. The molecule has 1 saturated heterocycles. The quantitative estimate of drug-likeness (QED) is 0.750. The molecule has 2 aromatic heterocycles. The van der Waals surface area contributed by atoms with Crippen LogP contribution in [0.2, 0.25) is 0 Å². The second-order valence-corrected chi connectivity index (χ2v) is 9.02. The highest BCUT2D eigenvalue weighted by Crippen LogP contribution is 2.25. The van der Waals surface area contributed by atoms with Gasteiger partial charge in [-0.1, -0.05) is 18.2 Å². The third kappa shape index (κ3) is 3.83. The number of amides is 1. The van der Waals surface area contributed by atoms with Gasteiger partial charge in [-0.05, 0) is 36.6 Å². The number of benzene rings is 1. The third-order valence-electron chi connectivity index (χ3n) is 4.81. The molecule has 0 bridgehead atoms. The van der Waals surface area contributed by atoms with Crippen LogP contribution in [0.5, 0.6) is 0 Å². The monoisotopic (exact) mass is 381 g/mol. The predicted molar refractivity (Wildman–Crippen MR) is 104 cm³/mol. The van der Waals surface area contributed by atoms with Crippen molar-refractivity contribution in [2.24, 2.45) is 5.92 Å². The number of nitrogens with zero attached hydrogens (tertiary/aromatic N) is 2. The van der Waals surface area contributed by atoms with Crippen LogP contribution in [0.1, 0.15) is 16.8 Å². The Bertz CT molecular complexity index is 1100. The van der Waals surface area contributed by atoms with Gasteiger partial charge in [-0.15, -0.1) is 0 Å². The number of fused-ring (bicyclic) bond motifs is 1. The minimum atomic E-state index is -2.95. The van der Waals surface area contributed by atoms with E-state index in [1.807, 2.05) is 36.4 Å². The van der Waals surface area contributed by atoms with E-state index in [1.165, 1.54) is 0 Å². The van der Waals surface area contributed by atoms with E-state index in [2.05, 4.69) is 15.3 Å². The fourth-order valence-corrected chi connectivity index (χ4v) is 5.26. The molecule has 1 atom stereocenters. The second-order valence-electron chi connectivity index (χ2n) is 6.79. The van der Waals surface area contributed by atoms with Crippen molar-refractivity contribution in [3.05, 3.63) is 60.4 Å². The van der Waals surface area contributed by atoms with Crippen molar-refractivity contribution >= 4 is 26.6 Å². The molecule has 0 aliphatic carbocycles. The number of aromatic nitrogens is 2. The zero-order valence-corrected chi connectivity index (χ0v) is 15.4. The highest BCUT2D eigenvalue weighted by Gasteiger charge is 2.28. The van der Waals surface area contributed by atoms with Crippen molar-refractivity contribution in [3.8, 4) is 11.3 Å². The van der Waals surface area contributed by atoms with Gasteiger partial charge in [0.1, 0.15) is 0 Å². The lowest BCUT2D eigenvalue weighted by molar-refractivity contribution is 0.0950. The molecule has 1 N–H and O–H groups in total. The van der Waals surface area contributed by atoms with E-state index in [-0.39, 0.29) is 23.3 Å². The van der Waals surface area contributed by atoms with E-state index in [1.54, 1.807) is 18.5 Å². The van der Waals surface area contributed by atoms with Crippen LogP contribution < -0.4 is 5.32 Å². The van der Waals surface area contributed by atoms with Gasteiger partial charge in [0.2, 0.25) is 0 Å². The normalized spacial score (nSPS) is 18.4.